The molecule has 0 amide bonds. The number of aryl methyl sites for hydroxylation is 1. The molecule has 1 aliphatic carbocycles. The van der Waals surface area contributed by atoms with Crippen molar-refractivity contribution in [3.05, 3.63) is 70.8 Å². The van der Waals surface area contributed by atoms with Crippen LogP contribution in [0.2, 0.25) is 0 Å². The first-order valence-electron chi connectivity index (χ1n) is 11.6. The lowest BCUT2D eigenvalue weighted by atomic mass is 9.92. The standard InChI is InChI=1S/C23H30N4O.C3H7N/c1-3-18-4-5-20-21(14-18)19(15-27-11-8-25-23(27)16-28)12-17(2)13-22(20)26-9-6-24-7-10-26;1-3-4-2/h4-5,8,11-14,22,24,28H,3,6-7,9-10,15-16H2,1-2H3;3H,1-2H3. The van der Waals surface area contributed by atoms with Crippen molar-refractivity contribution in [3.8, 4) is 0 Å². The summed E-state index contributed by atoms with van der Waals surface area (Å²) < 4.78 is 2.05. The van der Waals surface area contributed by atoms with Gasteiger partial charge < -0.3 is 20.0 Å². The molecular weight excluding hydrogens is 398 g/mol. The number of hydrogen-bond donors (Lipinski definition) is 2. The number of benzene rings is 1. The van der Waals surface area contributed by atoms with E-state index < -0.39 is 0 Å². The van der Waals surface area contributed by atoms with Crippen LogP contribution in [0.4, 0.5) is 0 Å². The first-order valence-corrected chi connectivity index (χ1v) is 11.6. The summed E-state index contributed by atoms with van der Waals surface area (Å²) in [6, 6.07) is 7.26. The van der Waals surface area contributed by atoms with E-state index in [0.717, 1.165) is 39.1 Å². The number of allylic oxidation sites excluding steroid dienone is 3. The lowest BCUT2D eigenvalue weighted by molar-refractivity contribution is 0.203. The number of hydrogen-bond acceptors (Lipinski definition) is 5. The van der Waals surface area contributed by atoms with Crippen LogP contribution in [0.5, 0.6) is 0 Å². The molecule has 6 heteroatoms. The Hall–Kier alpha value is -2.54. The van der Waals surface area contributed by atoms with E-state index in [9.17, 15) is 5.11 Å². The van der Waals surface area contributed by atoms with Crippen molar-refractivity contribution < 1.29 is 5.11 Å². The van der Waals surface area contributed by atoms with Gasteiger partial charge in [-0.1, -0.05) is 42.8 Å². The van der Waals surface area contributed by atoms with Crippen LogP contribution in [0, 0.1) is 0 Å². The Labute approximate surface area is 192 Å². The van der Waals surface area contributed by atoms with Crippen molar-refractivity contribution in [3.63, 3.8) is 0 Å². The predicted octanol–water partition coefficient (Wildman–Crippen LogP) is 3.63. The van der Waals surface area contributed by atoms with Crippen LogP contribution in [0.25, 0.3) is 5.57 Å². The average Bonchev–Trinajstić information content (AvgIpc) is 3.24. The van der Waals surface area contributed by atoms with Gasteiger partial charge in [0.2, 0.25) is 0 Å². The van der Waals surface area contributed by atoms with E-state index in [1.54, 1.807) is 19.5 Å². The van der Waals surface area contributed by atoms with Crippen LogP contribution in [0.1, 0.15) is 49.3 Å². The molecule has 0 bridgehead atoms. The molecule has 1 saturated heterocycles. The van der Waals surface area contributed by atoms with Gasteiger partial charge in [0.15, 0.2) is 0 Å². The van der Waals surface area contributed by atoms with Crippen LogP contribution >= 0.6 is 0 Å². The highest BCUT2D eigenvalue weighted by Gasteiger charge is 2.26. The Morgan fingerprint density at radius 2 is 2.03 bits per heavy atom. The number of fused-ring (bicyclic) bond motifs is 1. The van der Waals surface area contributed by atoms with Gasteiger partial charge in [0.05, 0.1) is 6.04 Å². The molecule has 4 rings (SSSR count). The minimum Gasteiger partial charge on any atom is -0.388 e. The number of imidazole rings is 1. The number of rotatable bonds is 5. The van der Waals surface area contributed by atoms with E-state index in [2.05, 4.69) is 64.4 Å². The maximum absolute atomic E-state index is 9.61. The van der Waals surface area contributed by atoms with E-state index in [4.69, 9.17) is 0 Å². The van der Waals surface area contributed by atoms with Gasteiger partial charge >= 0.3 is 0 Å². The Kier molecular flexibility index (Phi) is 8.97. The van der Waals surface area contributed by atoms with Crippen molar-refractivity contribution >= 4 is 11.8 Å². The van der Waals surface area contributed by atoms with Crippen LogP contribution in [-0.2, 0) is 19.6 Å². The third-order valence-corrected chi connectivity index (χ3v) is 6.10. The molecule has 2 aliphatic rings. The maximum atomic E-state index is 9.61. The van der Waals surface area contributed by atoms with Gasteiger partial charge in [0, 0.05) is 52.2 Å². The molecule has 1 aromatic carbocycles. The molecule has 2 N–H and O–H groups in total. The van der Waals surface area contributed by atoms with E-state index in [1.165, 1.54) is 27.8 Å². The number of aliphatic hydroxyl groups is 1. The molecule has 172 valence electrons. The molecule has 1 fully saturated rings. The summed E-state index contributed by atoms with van der Waals surface area (Å²) in [4.78, 5) is 10.5. The Morgan fingerprint density at radius 1 is 1.28 bits per heavy atom. The topological polar surface area (TPSA) is 65.7 Å². The minimum absolute atomic E-state index is 0.0413. The molecule has 32 heavy (non-hydrogen) atoms. The average molecular weight is 436 g/mol. The molecule has 1 aliphatic heterocycles. The molecule has 6 nitrogen and oxygen atoms in total. The van der Waals surface area contributed by atoms with Gasteiger partial charge in [-0.2, -0.15) is 0 Å². The highest BCUT2D eigenvalue weighted by atomic mass is 16.3. The Morgan fingerprint density at radius 3 is 2.69 bits per heavy atom. The van der Waals surface area contributed by atoms with Crippen molar-refractivity contribution in [2.24, 2.45) is 4.99 Å². The fourth-order valence-electron chi connectivity index (χ4n) is 4.31. The second-order valence-corrected chi connectivity index (χ2v) is 8.23. The van der Waals surface area contributed by atoms with Crippen molar-refractivity contribution in [2.45, 2.75) is 46.4 Å². The van der Waals surface area contributed by atoms with Gasteiger partial charge in [0.25, 0.3) is 0 Å². The molecule has 0 saturated carbocycles. The number of aromatic nitrogens is 2. The third-order valence-electron chi connectivity index (χ3n) is 6.10. The van der Waals surface area contributed by atoms with Crippen LogP contribution in [0.3, 0.4) is 0 Å². The molecule has 2 aromatic rings. The van der Waals surface area contributed by atoms with E-state index in [-0.39, 0.29) is 6.61 Å². The number of nitrogens with zero attached hydrogens (tertiary/aromatic N) is 4. The van der Waals surface area contributed by atoms with E-state index in [1.807, 2.05) is 17.7 Å². The number of aliphatic hydroxyl groups excluding tert-OH is 1. The van der Waals surface area contributed by atoms with Crippen molar-refractivity contribution in [1.29, 1.82) is 0 Å². The zero-order valence-corrected chi connectivity index (χ0v) is 19.9. The summed E-state index contributed by atoms with van der Waals surface area (Å²) in [5.74, 6) is 0.707. The van der Waals surface area contributed by atoms with Gasteiger partial charge in [-0.15, -0.1) is 0 Å². The zero-order valence-electron chi connectivity index (χ0n) is 19.9. The van der Waals surface area contributed by atoms with Gasteiger partial charge in [-0.3, -0.25) is 4.90 Å². The molecule has 1 unspecified atom stereocenters. The summed E-state index contributed by atoms with van der Waals surface area (Å²) in [6.45, 7) is 11.2. The molecule has 0 radical (unpaired) electrons. The summed E-state index contributed by atoms with van der Waals surface area (Å²) in [5.41, 5.74) is 6.64. The zero-order chi connectivity index (χ0) is 22.9. The number of aliphatic imine (C=N–C) groups is 1. The lowest BCUT2D eigenvalue weighted by Gasteiger charge is -2.34. The first-order chi connectivity index (χ1) is 15.6. The quantitative estimate of drug-likeness (QED) is 0.704. The van der Waals surface area contributed by atoms with Crippen molar-refractivity contribution in [2.75, 3.05) is 33.2 Å². The second-order valence-electron chi connectivity index (χ2n) is 8.23. The van der Waals surface area contributed by atoms with Gasteiger partial charge in [-0.05, 0) is 48.7 Å². The molecule has 0 spiro atoms. The summed E-state index contributed by atoms with van der Waals surface area (Å²) in [7, 11) is 1.75. The lowest BCUT2D eigenvalue weighted by Crippen LogP contribution is -2.44. The predicted molar refractivity (Wildman–Crippen MR) is 133 cm³/mol. The Balaban J connectivity index is 0.000000668. The van der Waals surface area contributed by atoms with Gasteiger partial charge in [-0.25, -0.2) is 4.98 Å². The Bertz CT molecular complexity index is 962. The molecule has 1 atom stereocenters. The monoisotopic (exact) mass is 435 g/mol. The summed E-state index contributed by atoms with van der Waals surface area (Å²) >= 11 is 0. The number of piperazine rings is 1. The normalized spacial score (nSPS) is 19.0. The SMILES string of the molecule is CC=NC.CCc1ccc2c(c1)C(Cn1ccnc1CO)=CC(C)=CC2N1CCNCC1. The minimum atomic E-state index is -0.0413. The smallest absolute Gasteiger partial charge is 0.134 e. The molecule has 2 heterocycles. The highest BCUT2D eigenvalue weighted by Crippen LogP contribution is 2.36. The molecular formula is C26H37N5O. The van der Waals surface area contributed by atoms with Gasteiger partial charge in [0.1, 0.15) is 12.4 Å². The maximum Gasteiger partial charge on any atom is 0.134 e. The largest absolute Gasteiger partial charge is 0.388 e. The highest BCUT2D eigenvalue weighted by molar-refractivity contribution is 5.73. The second kappa shape index (κ2) is 11.9. The fraction of sp³-hybridized carbons (Fsp3) is 0.462. The van der Waals surface area contributed by atoms with E-state index >= 15 is 0 Å². The third kappa shape index (κ3) is 5.82. The first kappa shape index (κ1) is 24.1. The number of nitrogens with one attached hydrogen (secondary N) is 1. The summed E-state index contributed by atoms with van der Waals surface area (Å²) in [6.07, 6.45) is 11.2. The fourth-order valence-corrected chi connectivity index (χ4v) is 4.31. The molecule has 1 aromatic heterocycles. The van der Waals surface area contributed by atoms with Crippen LogP contribution in [-0.4, -0.2) is 59.0 Å². The summed E-state index contributed by atoms with van der Waals surface area (Å²) in [5, 5.41) is 13.1. The van der Waals surface area contributed by atoms with Crippen molar-refractivity contribution in [1.82, 2.24) is 19.8 Å². The van der Waals surface area contributed by atoms with Crippen LogP contribution < -0.4 is 5.32 Å². The van der Waals surface area contributed by atoms with Crippen LogP contribution in [0.15, 0.2) is 53.3 Å². The van der Waals surface area contributed by atoms with E-state index in [0.29, 0.717) is 11.9 Å².